The molecule has 0 N–H and O–H groups in total. The van der Waals surface area contributed by atoms with Crippen LogP contribution in [0, 0.1) is 0 Å². The summed E-state index contributed by atoms with van der Waals surface area (Å²) < 4.78 is 68.1. The van der Waals surface area contributed by atoms with Crippen LogP contribution in [0.1, 0.15) is 62.3 Å². The normalized spacial score (nSPS) is 14.4. The van der Waals surface area contributed by atoms with Gasteiger partial charge in [-0.1, -0.05) is 0 Å². The molecule has 0 amide bonds. The van der Waals surface area contributed by atoms with E-state index in [2.05, 4.69) is 0 Å². The van der Waals surface area contributed by atoms with Crippen molar-refractivity contribution >= 4 is 15.1 Å². The van der Waals surface area contributed by atoms with E-state index in [-0.39, 0.29) is 0 Å². The quantitative estimate of drug-likeness (QED) is 0.363. The minimum Gasteiger partial charge on any atom is -0.418 e. The highest BCUT2D eigenvalue weighted by Gasteiger charge is 2.40. The van der Waals surface area contributed by atoms with E-state index in [9.17, 15) is 21.8 Å². The van der Waals surface area contributed by atoms with Gasteiger partial charge in [-0.25, -0.2) is 4.57 Å². The van der Waals surface area contributed by atoms with Gasteiger partial charge in [0, 0.05) is 0 Å². The summed E-state index contributed by atoms with van der Waals surface area (Å²) in [5.41, 5.74) is -1.77. The summed E-state index contributed by atoms with van der Waals surface area (Å²) in [7, 11) is -9.58. The van der Waals surface area contributed by atoms with Gasteiger partial charge in [-0.05, 0) is 62.3 Å². The van der Waals surface area contributed by atoms with Crippen LogP contribution in [-0.4, -0.2) is 24.1 Å². The van der Waals surface area contributed by atoms with Crippen molar-refractivity contribution in [3.8, 4) is 0 Å². The second-order valence-corrected chi connectivity index (χ2v) is 9.00. The second kappa shape index (κ2) is 7.64. The van der Waals surface area contributed by atoms with Crippen LogP contribution in [0.3, 0.4) is 0 Å². The molecule has 0 rings (SSSR count). The van der Waals surface area contributed by atoms with Crippen LogP contribution in [0.4, 0.5) is 17.3 Å². The zero-order valence-electron chi connectivity index (χ0n) is 14.7. The maximum atomic E-state index is 12.6. The van der Waals surface area contributed by atoms with E-state index in [0.29, 0.717) is 0 Å². The third-order valence-electron chi connectivity index (χ3n) is 1.16. The monoisotopic (exact) mass is 353 g/mol. The maximum Gasteiger partial charge on any atom is 0.673 e. The third-order valence-corrected chi connectivity index (χ3v) is 3.47. The Morgan fingerprint density at radius 3 is 0.864 bits per heavy atom. The summed E-state index contributed by atoms with van der Waals surface area (Å²) >= 11 is 0. The molecule has 0 aliphatic heterocycles. The minimum absolute atomic E-state index is 0.591. The Morgan fingerprint density at radius 1 is 0.636 bits per heavy atom. The van der Waals surface area contributed by atoms with Crippen molar-refractivity contribution in [3.63, 3.8) is 0 Å². The first-order valence-corrected chi connectivity index (χ1v) is 8.18. The number of phosphoric acid groups is 1. The molecular formula is C12H27BF4O4P-. The average Bonchev–Trinajstić information content (AvgIpc) is 1.82. The summed E-state index contributed by atoms with van der Waals surface area (Å²) in [5, 5.41) is 0. The SMILES string of the molecule is CC(C)(C)OP(=O)(OC(C)(C)C)OC(C)(C)C.F[B-](F)(F)F. The lowest BCUT2D eigenvalue weighted by molar-refractivity contribution is -0.0264. The van der Waals surface area contributed by atoms with Crippen molar-refractivity contribution in [2.75, 3.05) is 0 Å². The van der Waals surface area contributed by atoms with Crippen LogP contribution < -0.4 is 0 Å². The Labute approximate surface area is 130 Å². The molecule has 10 heteroatoms. The van der Waals surface area contributed by atoms with Gasteiger partial charge in [0.2, 0.25) is 0 Å². The van der Waals surface area contributed by atoms with Gasteiger partial charge in [0.1, 0.15) is 0 Å². The summed E-state index contributed by atoms with van der Waals surface area (Å²) in [4.78, 5) is 0. The smallest absolute Gasteiger partial charge is 0.418 e. The van der Waals surface area contributed by atoms with Crippen molar-refractivity contribution in [3.05, 3.63) is 0 Å². The molecule has 0 aromatic rings. The summed E-state index contributed by atoms with van der Waals surface area (Å²) in [6.07, 6.45) is 0. The van der Waals surface area contributed by atoms with Gasteiger partial charge in [-0.2, -0.15) is 0 Å². The zero-order valence-corrected chi connectivity index (χ0v) is 15.6. The number of hydrogen-bond donors (Lipinski definition) is 0. The highest BCUT2D eigenvalue weighted by atomic mass is 31.2. The molecular weight excluding hydrogens is 326 g/mol. The summed E-state index contributed by atoms with van der Waals surface area (Å²) in [5.74, 6) is 0. The Kier molecular flexibility index (Phi) is 8.39. The van der Waals surface area contributed by atoms with Crippen molar-refractivity contribution in [2.45, 2.75) is 79.1 Å². The Morgan fingerprint density at radius 2 is 0.773 bits per heavy atom. The lowest BCUT2D eigenvalue weighted by Gasteiger charge is -2.34. The zero-order chi connectivity index (χ0) is 18.6. The van der Waals surface area contributed by atoms with E-state index in [1.54, 1.807) is 0 Å². The van der Waals surface area contributed by atoms with E-state index in [1.807, 2.05) is 62.3 Å². The van der Waals surface area contributed by atoms with Gasteiger partial charge in [-0.15, -0.1) is 0 Å². The van der Waals surface area contributed by atoms with Crippen LogP contribution in [0.25, 0.3) is 0 Å². The first-order chi connectivity index (χ1) is 9.12. The van der Waals surface area contributed by atoms with Gasteiger partial charge >= 0.3 is 15.1 Å². The molecule has 136 valence electrons. The molecule has 0 aliphatic carbocycles. The lowest BCUT2D eigenvalue weighted by atomic mass is 10.2. The van der Waals surface area contributed by atoms with Gasteiger partial charge < -0.3 is 17.3 Å². The lowest BCUT2D eigenvalue weighted by Crippen LogP contribution is -2.28. The van der Waals surface area contributed by atoms with Crippen molar-refractivity contribution in [1.29, 1.82) is 0 Å². The molecule has 0 unspecified atom stereocenters. The molecule has 0 aliphatic rings. The third kappa shape index (κ3) is 22.2. The summed E-state index contributed by atoms with van der Waals surface area (Å²) in [6.45, 7) is 16.4. The van der Waals surface area contributed by atoms with Crippen LogP contribution in [-0.2, 0) is 18.1 Å². The van der Waals surface area contributed by atoms with Crippen molar-refractivity contribution in [2.24, 2.45) is 0 Å². The van der Waals surface area contributed by atoms with E-state index in [1.165, 1.54) is 0 Å². The summed E-state index contributed by atoms with van der Waals surface area (Å²) in [6, 6.07) is 0. The van der Waals surface area contributed by atoms with Crippen LogP contribution in [0.2, 0.25) is 0 Å². The number of hydrogen-bond acceptors (Lipinski definition) is 4. The molecule has 0 bridgehead atoms. The molecule has 0 radical (unpaired) electrons. The molecule has 0 fully saturated rings. The Bertz CT molecular complexity index is 327. The second-order valence-electron chi connectivity index (χ2n) is 7.55. The molecule has 0 aromatic carbocycles. The highest BCUT2D eigenvalue weighted by Crippen LogP contribution is 2.57. The maximum absolute atomic E-state index is 12.6. The predicted octanol–water partition coefficient (Wildman–Crippen LogP) is 5.84. The molecule has 0 saturated carbocycles. The van der Waals surface area contributed by atoms with Crippen molar-refractivity contribution < 1.29 is 35.4 Å². The minimum atomic E-state index is -6.00. The first kappa shape index (κ1) is 24.2. The van der Waals surface area contributed by atoms with Crippen molar-refractivity contribution in [1.82, 2.24) is 0 Å². The fraction of sp³-hybridized carbons (Fsp3) is 1.00. The molecule has 4 nitrogen and oxygen atoms in total. The fourth-order valence-corrected chi connectivity index (χ4v) is 3.19. The number of rotatable bonds is 3. The molecule has 0 atom stereocenters. The molecule has 0 heterocycles. The first-order valence-electron chi connectivity index (χ1n) is 6.72. The topological polar surface area (TPSA) is 44.8 Å². The molecule has 0 aromatic heterocycles. The number of halogens is 4. The molecule has 22 heavy (non-hydrogen) atoms. The van der Waals surface area contributed by atoms with Gasteiger partial charge in [0.15, 0.2) is 0 Å². The fourth-order valence-electron chi connectivity index (χ4n) is 1.06. The van der Waals surface area contributed by atoms with E-state index in [4.69, 9.17) is 13.6 Å². The van der Waals surface area contributed by atoms with Crippen LogP contribution >= 0.6 is 7.82 Å². The standard InChI is InChI=1S/C12H27O4P.BF4/c1-10(2,3)14-17(13,15-11(4,5)6)16-12(7,8)9;2-1(3,4)5/h1-9H3;/q;-1. The highest BCUT2D eigenvalue weighted by molar-refractivity contribution is 7.48. The van der Waals surface area contributed by atoms with Gasteiger partial charge in [-0.3, -0.25) is 13.6 Å². The molecule has 0 saturated heterocycles. The van der Waals surface area contributed by atoms with E-state index in [0.717, 1.165) is 0 Å². The van der Waals surface area contributed by atoms with E-state index >= 15 is 0 Å². The van der Waals surface area contributed by atoms with Gasteiger partial charge in [0.05, 0.1) is 16.8 Å². The number of phosphoric ester groups is 1. The predicted molar refractivity (Wildman–Crippen MR) is 80.3 cm³/mol. The Hall–Kier alpha value is -0.105. The largest absolute Gasteiger partial charge is 0.673 e. The van der Waals surface area contributed by atoms with Crippen LogP contribution in [0.15, 0.2) is 0 Å². The van der Waals surface area contributed by atoms with E-state index < -0.39 is 31.9 Å². The molecule has 0 spiro atoms. The van der Waals surface area contributed by atoms with Crippen LogP contribution in [0.5, 0.6) is 0 Å². The van der Waals surface area contributed by atoms with Gasteiger partial charge in [0.25, 0.3) is 0 Å². The average molecular weight is 353 g/mol. The Balaban J connectivity index is 0.